The van der Waals surface area contributed by atoms with Crippen LogP contribution in [0.3, 0.4) is 0 Å². The third-order valence-electron chi connectivity index (χ3n) is 4.52. The van der Waals surface area contributed by atoms with Crippen molar-refractivity contribution in [3.63, 3.8) is 0 Å². The lowest BCUT2D eigenvalue weighted by atomic mass is 10.00. The van der Waals surface area contributed by atoms with Crippen LogP contribution in [0.2, 0.25) is 0 Å². The van der Waals surface area contributed by atoms with Gasteiger partial charge in [-0.2, -0.15) is 0 Å². The van der Waals surface area contributed by atoms with Gasteiger partial charge >= 0.3 is 0 Å². The van der Waals surface area contributed by atoms with E-state index in [9.17, 15) is 0 Å². The van der Waals surface area contributed by atoms with Crippen molar-refractivity contribution in [2.24, 2.45) is 4.99 Å². The van der Waals surface area contributed by atoms with Crippen molar-refractivity contribution in [2.75, 3.05) is 0 Å². The second-order valence-electron chi connectivity index (χ2n) is 6.43. The fourth-order valence-electron chi connectivity index (χ4n) is 3.19. The minimum Gasteiger partial charge on any atom is -0.467 e. The standard InChI is InChI=1S/C25H21NO/c1-4-11-20(12-5-1)19-23(24-17-10-18-27-24)26-25(21-13-6-2-7-14-21)22-15-8-3-9-16-22/h1-18,23H,19H2. The van der Waals surface area contributed by atoms with Crippen molar-refractivity contribution in [3.8, 4) is 0 Å². The summed E-state index contributed by atoms with van der Waals surface area (Å²) in [7, 11) is 0. The molecular weight excluding hydrogens is 330 g/mol. The second kappa shape index (κ2) is 8.33. The first-order valence-electron chi connectivity index (χ1n) is 9.16. The third-order valence-corrected chi connectivity index (χ3v) is 4.52. The van der Waals surface area contributed by atoms with Gasteiger partial charge in [0.25, 0.3) is 0 Å². The zero-order valence-corrected chi connectivity index (χ0v) is 15.0. The fourth-order valence-corrected chi connectivity index (χ4v) is 3.19. The molecule has 132 valence electrons. The third kappa shape index (κ3) is 4.24. The van der Waals surface area contributed by atoms with E-state index in [0.717, 1.165) is 29.0 Å². The van der Waals surface area contributed by atoms with Gasteiger partial charge in [0.1, 0.15) is 11.8 Å². The minimum atomic E-state index is -0.0854. The largest absolute Gasteiger partial charge is 0.467 e. The molecule has 1 aromatic heterocycles. The molecule has 0 spiro atoms. The predicted octanol–water partition coefficient (Wildman–Crippen LogP) is 6.10. The van der Waals surface area contributed by atoms with Crippen LogP contribution in [0.5, 0.6) is 0 Å². The monoisotopic (exact) mass is 351 g/mol. The van der Waals surface area contributed by atoms with E-state index in [1.807, 2.05) is 54.6 Å². The maximum atomic E-state index is 5.73. The van der Waals surface area contributed by atoms with E-state index in [0.29, 0.717) is 0 Å². The van der Waals surface area contributed by atoms with Crippen LogP contribution in [0, 0.1) is 0 Å². The summed E-state index contributed by atoms with van der Waals surface area (Å²) < 4.78 is 5.73. The number of aliphatic imine (C=N–C) groups is 1. The molecule has 2 heteroatoms. The molecule has 0 saturated carbocycles. The Morgan fingerprint density at radius 3 is 1.74 bits per heavy atom. The summed E-state index contributed by atoms with van der Waals surface area (Å²) in [6, 6.07) is 34.9. The maximum Gasteiger partial charge on any atom is 0.128 e. The van der Waals surface area contributed by atoms with Crippen LogP contribution in [0.15, 0.2) is 119 Å². The molecule has 4 rings (SSSR count). The summed E-state index contributed by atoms with van der Waals surface area (Å²) in [4.78, 5) is 5.18. The molecule has 0 amide bonds. The van der Waals surface area contributed by atoms with Crippen LogP contribution in [0.4, 0.5) is 0 Å². The van der Waals surface area contributed by atoms with Crippen LogP contribution >= 0.6 is 0 Å². The van der Waals surface area contributed by atoms with Crippen molar-refractivity contribution in [1.29, 1.82) is 0 Å². The molecule has 3 aromatic carbocycles. The molecule has 0 radical (unpaired) electrons. The van der Waals surface area contributed by atoms with Gasteiger partial charge in [0.05, 0.1) is 12.0 Å². The number of rotatable bonds is 6. The highest BCUT2D eigenvalue weighted by atomic mass is 16.3. The van der Waals surface area contributed by atoms with Crippen molar-refractivity contribution in [2.45, 2.75) is 12.5 Å². The lowest BCUT2D eigenvalue weighted by molar-refractivity contribution is 0.466. The summed E-state index contributed by atoms with van der Waals surface area (Å²) in [5.41, 5.74) is 4.43. The molecule has 1 heterocycles. The van der Waals surface area contributed by atoms with E-state index in [1.165, 1.54) is 5.56 Å². The second-order valence-corrected chi connectivity index (χ2v) is 6.43. The zero-order chi connectivity index (χ0) is 18.3. The zero-order valence-electron chi connectivity index (χ0n) is 15.0. The molecule has 4 aromatic rings. The van der Waals surface area contributed by atoms with E-state index in [1.54, 1.807) is 6.26 Å². The van der Waals surface area contributed by atoms with Gasteiger partial charge in [-0.25, -0.2) is 0 Å². The molecule has 1 atom stereocenters. The Kier molecular flexibility index (Phi) is 5.26. The lowest BCUT2D eigenvalue weighted by Crippen LogP contribution is -2.08. The summed E-state index contributed by atoms with van der Waals surface area (Å²) >= 11 is 0. The molecule has 1 unspecified atom stereocenters. The summed E-state index contributed by atoms with van der Waals surface area (Å²) in [5.74, 6) is 0.878. The van der Waals surface area contributed by atoms with Gasteiger partial charge in [0.15, 0.2) is 0 Å². The Morgan fingerprint density at radius 2 is 1.22 bits per heavy atom. The average molecular weight is 351 g/mol. The summed E-state index contributed by atoms with van der Waals surface area (Å²) in [6.07, 6.45) is 2.51. The number of nitrogens with zero attached hydrogens (tertiary/aromatic N) is 1. The molecule has 0 N–H and O–H groups in total. The molecule has 0 fully saturated rings. The van der Waals surface area contributed by atoms with Gasteiger partial charge in [-0.3, -0.25) is 4.99 Å². The number of benzene rings is 3. The maximum absolute atomic E-state index is 5.73. The highest BCUT2D eigenvalue weighted by Gasteiger charge is 2.17. The van der Waals surface area contributed by atoms with Crippen LogP contribution in [0.1, 0.15) is 28.5 Å². The molecule has 0 aliphatic carbocycles. The van der Waals surface area contributed by atoms with Gasteiger partial charge < -0.3 is 4.42 Å². The highest BCUT2D eigenvalue weighted by molar-refractivity contribution is 6.12. The average Bonchev–Trinajstić information content (AvgIpc) is 3.28. The van der Waals surface area contributed by atoms with E-state index in [-0.39, 0.29) is 6.04 Å². The Bertz CT molecular complexity index is 933. The fraction of sp³-hybridized carbons (Fsp3) is 0.0800. The van der Waals surface area contributed by atoms with Crippen molar-refractivity contribution in [3.05, 3.63) is 132 Å². The van der Waals surface area contributed by atoms with Crippen LogP contribution in [-0.2, 0) is 6.42 Å². The first kappa shape index (κ1) is 17.0. The predicted molar refractivity (Wildman–Crippen MR) is 110 cm³/mol. The quantitative estimate of drug-likeness (QED) is 0.385. The van der Waals surface area contributed by atoms with E-state index in [4.69, 9.17) is 9.41 Å². The molecule has 0 saturated heterocycles. The van der Waals surface area contributed by atoms with Crippen LogP contribution < -0.4 is 0 Å². The molecule has 2 nitrogen and oxygen atoms in total. The van der Waals surface area contributed by atoms with Gasteiger partial charge in [0, 0.05) is 17.5 Å². The van der Waals surface area contributed by atoms with E-state index >= 15 is 0 Å². The first-order chi connectivity index (χ1) is 13.4. The Hall–Kier alpha value is -3.39. The first-order valence-corrected chi connectivity index (χ1v) is 9.16. The van der Waals surface area contributed by atoms with Gasteiger partial charge in [-0.15, -0.1) is 0 Å². The van der Waals surface area contributed by atoms with Gasteiger partial charge in [-0.05, 0) is 17.7 Å². The van der Waals surface area contributed by atoms with Crippen LogP contribution in [0.25, 0.3) is 0 Å². The van der Waals surface area contributed by atoms with E-state index in [2.05, 4.69) is 48.5 Å². The molecule has 0 aliphatic rings. The van der Waals surface area contributed by atoms with Crippen molar-refractivity contribution < 1.29 is 4.42 Å². The normalized spacial score (nSPS) is 11.7. The molecule has 0 bridgehead atoms. The van der Waals surface area contributed by atoms with Gasteiger partial charge in [-0.1, -0.05) is 91.0 Å². The Balaban J connectivity index is 1.79. The van der Waals surface area contributed by atoms with E-state index < -0.39 is 0 Å². The molecule has 27 heavy (non-hydrogen) atoms. The Labute approximate surface area is 159 Å². The van der Waals surface area contributed by atoms with Crippen LogP contribution in [-0.4, -0.2) is 5.71 Å². The summed E-state index contributed by atoms with van der Waals surface area (Å²) in [6.45, 7) is 0. The number of hydrogen-bond acceptors (Lipinski definition) is 2. The van der Waals surface area contributed by atoms with Gasteiger partial charge in [0.2, 0.25) is 0 Å². The topological polar surface area (TPSA) is 25.5 Å². The molecular formula is C25H21NO. The van der Waals surface area contributed by atoms with Crippen molar-refractivity contribution in [1.82, 2.24) is 0 Å². The Morgan fingerprint density at radius 1 is 0.667 bits per heavy atom. The number of hydrogen-bond donors (Lipinski definition) is 0. The summed E-state index contributed by atoms with van der Waals surface area (Å²) in [5, 5.41) is 0. The van der Waals surface area contributed by atoms with Crippen molar-refractivity contribution >= 4 is 5.71 Å². The SMILES string of the molecule is c1ccc(CC(N=C(c2ccccc2)c2ccccc2)c2ccco2)cc1. The lowest BCUT2D eigenvalue weighted by Gasteiger charge is -2.15. The number of furan rings is 1. The minimum absolute atomic E-state index is 0.0854. The smallest absolute Gasteiger partial charge is 0.128 e. The molecule has 0 aliphatic heterocycles. The highest BCUT2D eigenvalue weighted by Crippen LogP contribution is 2.25.